The number of hydrogen-bond donors (Lipinski definition) is 2. The summed E-state index contributed by atoms with van der Waals surface area (Å²) in [5, 5.41) is 5.04. The number of carbonyl (C=O) groups is 1. The van der Waals surface area contributed by atoms with Crippen LogP contribution >= 0.6 is 15.9 Å². The molecule has 2 aromatic rings. The Kier molecular flexibility index (Phi) is 5.95. The van der Waals surface area contributed by atoms with E-state index in [2.05, 4.69) is 26.6 Å². The van der Waals surface area contributed by atoms with Crippen LogP contribution in [0, 0.1) is 23.3 Å². The van der Waals surface area contributed by atoms with Gasteiger partial charge < -0.3 is 10.6 Å². The lowest BCUT2D eigenvalue weighted by Gasteiger charge is -2.15. The smallest absolute Gasteiger partial charge is 0.238 e. The van der Waals surface area contributed by atoms with Crippen LogP contribution in [-0.2, 0) is 4.79 Å². The van der Waals surface area contributed by atoms with Crippen LogP contribution in [0.1, 0.15) is 18.5 Å². The lowest BCUT2D eigenvalue weighted by atomic mass is 10.1. The molecule has 2 aromatic carbocycles. The molecule has 0 heterocycles. The molecular weight excluding hydrogens is 392 g/mol. The number of amides is 1. The van der Waals surface area contributed by atoms with Gasteiger partial charge in [0.05, 0.1) is 12.2 Å². The minimum atomic E-state index is -0.923. The molecule has 2 N–H and O–H groups in total. The van der Waals surface area contributed by atoms with Gasteiger partial charge in [-0.15, -0.1) is 0 Å². The molecule has 0 fully saturated rings. The van der Waals surface area contributed by atoms with Gasteiger partial charge in [-0.25, -0.2) is 17.6 Å². The maximum Gasteiger partial charge on any atom is 0.238 e. The van der Waals surface area contributed by atoms with Crippen LogP contribution in [0.5, 0.6) is 0 Å². The van der Waals surface area contributed by atoms with Crippen LogP contribution in [-0.4, -0.2) is 12.5 Å². The number of rotatable bonds is 5. The zero-order chi connectivity index (χ0) is 17.9. The first-order chi connectivity index (χ1) is 11.3. The third-order valence-electron chi connectivity index (χ3n) is 3.27. The molecule has 0 spiro atoms. The summed E-state index contributed by atoms with van der Waals surface area (Å²) in [6.45, 7) is 1.35. The van der Waals surface area contributed by atoms with Crippen LogP contribution in [0.3, 0.4) is 0 Å². The summed E-state index contributed by atoms with van der Waals surface area (Å²) in [6.07, 6.45) is 0. The molecule has 0 saturated heterocycles. The van der Waals surface area contributed by atoms with E-state index in [-0.39, 0.29) is 22.3 Å². The lowest BCUT2D eigenvalue weighted by Crippen LogP contribution is -2.30. The lowest BCUT2D eigenvalue weighted by molar-refractivity contribution is -0.115. The molecule has 0 bridgehead atoms. The summed E-state index contributed by atoms with van der Waals surface area (Å²) < 4.78 is 53.2. The fraction of sp³-hybridized carbons (Fsp3) is 0.188. The topological polar surface area (TPSA) is 41.1 Å². The van der Waals surface area contributed by atoms with Gasteiger partial charge in [-0.2, -0.15) is 0 Å². The SMILES string of the molecule is CC(NCC(=O)Nc1c(F)cc(F)cc1Br)c1ccc(F)cc1F. The first-order valence-electron chi connectivity index (χ1n) is 6.90. The maximum atomic E-state index is 13.6. The van der Waals surface area contributed by atoms with E-state index in [9.17, 15) is 22.4 Å². The van der Waals surface area contributed by atoms with Crippen molar-refractivity contribution in [3.8, 4) is 0 Å². The molecule has 1 unspecified atom stereocenters. The molecule has 1 atom stereocenters. The van der Waals surface area contributed by atoms with E-state index in [4.69, 9.17) is 0 Å². The molecule has 0 aliphatic heterocycles. The van der Waals surface area contributed by atoms with Crippen molar-refractivity contribution in [2.75, 3.05) is 11.9 Å². The third-order valence-corrected chi connectivity index (χ3v) is 3.89. The van der Waals surface area contributed by atoms with E-state index in [0.29, 0.717) is 6.07 Å². The second-order valence-corrected chi connectivity index (χ2v) is 5.92. The highest BCUT2D eigenvalue weighted by Crippen LogP contribution is 2.26. The summed E-state index contributed by atoms with van der Waals surface area (Å²) in [7, 11) is 0. The van der Waals surface area contributed by atoms with Crippen LogP contribution in [0.15, 0.2) is 34.8 Å². The fourth-order valence-electron chi connectivity index (χ4n) is 2.05. The van der Waals surface area contributed by atoms with Gasteiger partial charge in [-0.1, -0.05) is 6.07 Å². The van der Waals surface area contributed by atoms with Crippen LogP contribution in [0.2, 0.25) is 0 Å². The van der Waals surface area contributed by atoms with Crippen molar-refractivity contribution in [1.29, 1.82) is 0 Å². The highest BCUT2D eigenvalue weighted by Gasteiger charge is 2.15. The Morgan fingerprint density at radius 3 is 2.38 bits per heavy atom. The van der Waals surface area contributed by atoms with Crippen molar-refractivity contribution in [1.82, 2.24) is 5.32 Å². The van der Waals surface area contributed by atoms with E-state index < -0.39 is 35.2 Å². The summed E-state index contributed by atoms with van der Waals surface area (Å²) in [6, 6.07) is 4.22. The fourth-order valence-corrected chi connectivity index (χ4v) is 2.56. The van der Waals surface area contributed by atoms with Crippen molar-refractivity contribution in [3.05, 3.63) is 63.6 Å². The zero-order valence-electron chi connectivity index (χ0n) is 12.5. The van der Waals surface area contributed by atoms with Gasteiger partial charge in [0.25, 0.3) is 0 Å². The molecule has 0 aliphatic rings. The Labute approximate surface area is 144 Å². The normalized spacial score (nSPS) is 12.1. The first-order valence-corrected chi connectivity index (χ1v) is 7.70. The first kappa shape index (κ1) is 18.4. The van der Waals surface area contributed by atoms with Crippen LogP contribution in [0.25, 0.3) is 0 Å². The molecule has 3 nitrogen and oxygen atoms in total. The largest absolute Gasteiger partial charge is 0.322 e. The standard InChI is InChI=1S/C16H13BrF4N2O/c1-8(11-3-2-9(18)5-13(11)20)22-7-15(24)23-16-12(17)4-10(19)6-14(16)21/h2-6,8,22H,7H2,1H3,(H,23,24). The van der Waals surface area contributed by atoms with Gasteiger partial charge in [-0.05, 0) is 35.0 Å². The average Bonchev–Trinajstić information content (AvgIpc) is 2.48. The Hall–Kier alpha value is -1.93. The number of anilines is 1. The Balaban J connectivity index is 1.98. The molecule has 8 heteroatoms. The number of nitrogens with one attached hydrogen (secondary N) is 2. The monoisotopic (exact) mass is 404 g/mol. The highest BCUT2D eigenvalue weighted by molar-refractivity contribution is 9.10. The van der Waals surface area contributed by atoms with Gasteiger partial charge in [0.15, 0.2) is 5.82 Å². The van der Waals surface area contributed by atoms with Gasteiger partial charge in [0.2, 0.25) is 5.91 Å². The van der Waals surface area contributed by atoms with E-state index in [1.807, 2.05) is 0 Å². The molecular formula is C16H13BrF4N2O. The number of carbonyl (C=O) groups excluding carboxylic acids is 1. The van der Waals surface area contributed by atoms with Crippen molar-refractivity contribution in [2.45, 2.75) is 13.0 Å². The summed E-state index contributed by atoms with van der Waals surface area (Å²) in [4.78, 5) is 11.9. The number of benzene rings is 2. The second kappa shape index (κ2) is 7.76. The van der Waals surface area contributed by atoms with Crippen molar-refractivity contribution >= 4 is 27.5 Å². The molecule has 0 aromatic heterocycles. The zero-order valence-corrected chi connectivity index (χ0v) is 14.1. The molecule has 1 amide bonds. The third kappa shape index (κ3) is 4.55. The molecule has 0 saturated carbocycles. The number of hydrogen-bond acceptors (Lipinski definition) is 2. The quantitative estimate of drug-likeness (QED) is 0.729. The van der Waals surface area contributed by atoms with E-state index in [1.165, 1.54) is 6.07 Å². The minimum absolute atomic E-state index is 0.0611. The van der Waals surface area contributed by atoms with Crippen molar-refractivity contribution < 1.29 is 22.4 Å². The molecule has 0 aliphatic carbocycles. The molecule has 128 valence electrons. The predicted molar refractivity (Wildman–Crippen MR) is 85.5 cm³/mol. The summed E-state index contributed by atoms with van der Waals surface area (Å²) in [5.74, 6) is -3.74. The van der Waals surface area contributed by atoms with E-state index in [0.717, 1.165) is 18.2 Å². The Bertz CT molecular complexity index is 747. The Morgan fingerprint density at radius 1 is 1.08 bits per heavy atom. The van der Waals surface area contributed by atoms with Crippen molar-refractivity contribution in [2.24, 2.45) is 0 Å². The summed E-state index contributed by atoms with van der Waals surface area (Å²) >= 11 is 2.96. The molecule has 0 radical (unpaired) electrons. The predicted octanol–water partition coefficient (Wildman–Crippen LogP) is 4.29. The number of halogens is 5. The van der Waals surface area contributed by atoms with Crippen LogP contribution in [0.4, 0.5) is 23.2 Å². The molecule has 24 heavy (non-hydrogen) atoms. The maximum absolute atomic E-state index is 13.6. The Morgan fingerprint density at radius 2 is 1.75 bits per heavy atom. The minimum Gasteiger partial charge on any atom is -0.322 e. The van der Waals surface area contributed by atoms with Gasteiger partial charge in [0.1, 0.15) is 17.5 Å². The second-order valence-electron chi connectivity index (χ2n) is 5.06. The molecule has 2 rings (SSSR count). The van der Waals surface area contributed by atoms with E-state index >= 15 is 0 Å². The van der Waals surface area contributed by atoms with Crippen LogP contribution < -0.4 is 10.6 Å². The average molecular weight is 405 g/mol. The van der Waals surface area contributed by atoms with Gasteiger partial charge >= 0.3 is 0 Å². The van der Waals surface area contributed by atoms with Gasteiger partial charge in [-0.3, -0.25) is 4.79 Å². The van der Waals surface area contributed by atoms with Crippen molar-refractivity contribution in [3.63, 3.8) is 0 Å². The van der Waals surface area contributed by atoms with E-state index in [1.54, 1.807) is 6.92 Å². The highest BCUT2D eigenvalue weighted by atomic mass is 79.9. The van der Waals surface area contributed by atoms with Gasteiger partial charge in [0, 0.05) is 28.2 Å². The summed E-state index contributed by atoms with van der Waals surface area (Å²) in [5.41, 5.74) is 0.00200.